The van der Waals surface area contributed by atoms with Crippen molar-refractivity contribution in [3.05, 3.63) is 53.6 Å². The Hall–Kier alpha value is -2.74. The van der Waals surface area contributed by atoms with Crippen molar-refractivity contribution in [3.8, 4) is 11.5 Å². The van der Waals surface area contributed by atoms with Gasteiger partial charge in [0.25, 0.3) is 5.91 Å². The van der Waals surface area contributed by atoms with Crippen LogP contribution in [0.2, 0.25) is 0 Å². The fraction of sp³-hybridized carbons (Fsp3) is 0.381. The third-order valence-electron chi connectivity index (χ3n) is 4.59. The Labute approximate surface area is 171 Å². The lowest BCUT2D eigenvalue weighted by Gasteiger charge is -2.34. The van der Waals surface area contributed by atoms with Crippen molar-refractivity contribution in [2.75, 3.05) is 23.7 Å². The molecule has 0 unspecified atom stereocenters. The van der Waals surface area contributed by atoms with Gasteiger partial charge in [0.15, 0.2) is 6.10 Å². The minimum Gasteiger partial charge on any atom is -0.491 e. The van der Waals surface area contributed by atoms with Gasteiger partial charge in [-0.3, -0.25) is 9.10 Å². The molecule has 1 aliphatic heterocycles. The first-order chi connectivity index (χ1) is 13.6. The first-order valence-corrected chi connectivity index (χ1v) is 11.2. The molecule has 1 heterocycles. The smallest absolute Gasteiger partial charge is 0.263 e. The van der Waals surface area contributed by atoms with Gasteiger partial charge in [-0.1, -0.05) is 23.8 Å². The molecule has 3 rings (SSSR count). The number of nitrogens with zero attached hydrogens (tertiary/aromatic N) is 1. The number of hydrogen-bond acceptors (Lipinski definition) is 5. The number of benzene rings is 2. The first kappa shape index (κ1) is 21.0. The van der Waals surface area contributed by atoms with Crippen LogP contribution >= 0.6 is 0 Å². The number of carbonyl (C=O) groups is 1. The largest absolute Gasteiger partial charge is 0.491 e. The second kappa shape index (κ2) is 8.32. The average molecular weight is 419 g/mol. The summed E-state index contributed by atoms with van der Waals surface area (Å²) in [4.78, 5) is 12.7. The van der Waals surface area contributed by atoms with Gasteiger partial charge in [0, 0.05) is 0 Å². The number of ether oxygens (including phenoxy) is 2. The van der Waals surface area contributed by atoms with Crippen LogP contribution in [0.15, 0.2) is 42.5 Å². The maximum Gasteiger partial charge on any atom is 0.263 e. The lowest BCUT2D eigenvalue weighted by molar-refractivity contribution is -0.128. The van der Waals surface area contributed by atoms with Crippen molar-refractivity contribution in [2.24, 2.45) is 0 Å². The van der Waals surface area contributed by atoms with Crippen molar-refractivity contribution >= 4 is 21.6 Å². The molecule has 0 bridgehead atoms. The zero-order valence-electron chi connectivity index (χ0n) is 17.0. The first-order valence-electron chi connectivity index (χ1n) is 9.38. The Bertz CT molecular complexity index is 989. The van der Waals surface area contributed by atoms with Gasteiger partial charge in [-0.05, 0) is 50.6 Å². The van der Waals surface area contributed by atoms with E-state index in [4.69, 9.17) is 9.47 Å². The third kappa shape index (κ3) is 5.20. The molecule has 1 aliphatic rings. The second-order valence-corrected chi connectivity index (χ2v) is 9.31. The molecule has 29 heavy (non-hydrogen) atoms. The predicted molar refractivity (Wildman–Crippen MR) is 112 cm³/mol. The Morgan fingerprint density at radius 3 is 2.52 bits per heavy atom. The lowest BCUT2D eigenvalue weighted by atomic mass is 10.1. The summed E-state index contributed by atoms with van der Waals surface area (Å²) in [5.41, 5.74) is 2.50. The van der Waals surface area contributed by atoms with Gasteiger partial charge in [-0.15, -0.1) is 0 Å². The molecule has 0 radical (unpaired) electrons. The predicted octanol–water partition coefficient (Wildman–Crippen LogP) is 2.41. The molecule has 2 aromatic rings. The number of carbonyl (C=O) groups excluding carboxylic acids is 1. The quantitative estimate of drug-likeness (QED) is 0.779. The van der Waals surface area contributed by atoms with Crippen molar-refractivity contribution in [1.82, 2.24) is 5.32 Å². The molecule has 0 aromatic heterocycles. The van der Waals surface area contributed by atoms with Gasteiger partial charge in [0.2, 0.25) is 10.0 Å². The number of fused-ring (bicyclic) bond motifs is 1. The van der Waals surface area contributed by atoms with E-state index in [1.54, 1.807) is 12.1 Å². The highest BCUT2D eigenvalue weighted by atomic mass is 32.2. The van der Waals surface area contributed by atoms with Crippen LogP contribution in [0.4, 0.5) is 5.69 Å². The Balaban J connectivity index is 1.66. The van der Waals surface area contributed by atoms with Crippen LogP contribution < -0.4 is 19.1 Å². The maximum absolute atomic E-state index is 12.7. The highest BCUT2D eigenvalue weighted by molar-refractivity contribution is 7.92. The summed E-state index contributed by atoms with van der Waals surface area (Å²) in [6.45, 7) is 5.89. The normalized spacial score (nSPS) is 17.1. The van der Waals surface area contributed by atoms with E-state index < -0.39 is 16.1 Å². The number of rotatable bonds is 6. The van der Waals surface area contributed by atoms with E-state index in [9.17, 15) is 13.2 Å². The number of nitrogens with one attached hydrogen (secondary N) is 1. The van der Waals surface area contributed by atoms with E-state index in [1.807, 2.05) is 51.1 Å². The van der Waals surface area contributed by atoms with Crippen LogP contribution in [0.1, 0.15) is 18.1 Å². The van der Waals surface area contributed by atoms with Crippen molar-refractivity contribution in [2.45, 2.75) is 32.9 Å². The SMILES string of the molecule is Cc1ccc(OC[C@H](C)NC(=O)[C@H]2CN(S(C)(=O)=O)c3cc(C)ccc3O2)cc1. The van der Waals surface area contributed by atoms with Crippen LogP contribution in [0.3, 0.4) is 0 Å². The lowest BCUT2D eigenvalue weighted by Crippen LogP contribution is -2.52. The van der Waals surface area contributed by atoms with Gasteiger partial charge in [-0.2, -0.15) is 0 Å². The summed E-state index contributed by atoms with van der Waals surface area (Å²) >= 11 is 0. The Morgan fingerprint density at radius 1 is 1.21 bits per heavy atom. The highest BCUT2D eigenvalue weighted by Crippen LogP contribution is 2.35. The van der Waals surface area contributed by atoms with Gasteiger partial charge in [0.1, 0.15) is 18.1 Å². The van der Waals surface area contributed by atoms with Gasteiger partial charge in [-0.25, -0.2) is 8.42 Å². The maximum atomic E-state index is 12.7. The fourth-order valence-electron chi connectivity index (χ4n) is 3.05. The molecule has 156 valence electrons. The summed E-state index contributed by atoms with van der Waals surface area (Å²) in [5, 5.41) is 2.83. The summed E-state index contributed by atoms with van der Waals surface area (Å²) in [5.74, 6) is 0.707. The van der Waals surface area contributed by atoms with Gasteiger partial charge < -0.3 is 14.8 Å². The molecule has 1 amide bonds. The molecule has 2 atom stereocenters. The van der Waals surface area contributed by atoms with E-state index in [0.29, 0.717) is 11.4 Å². The Kier molecular flexibility index (Phi) is 6.02. The molecular formula is C21H26N2O5S. The van der Waals surface area contributed by atoms with Crippen molar-refractivity contribution < 1.29 is 22.7 Å². The van der Waals surface area contributed by atoms with Gasteiger partial charge >= 0.3 is 0 Å². The average Bonchev–Trinajstić information content (AvgIpc) is 2.65. The van der Waals surface area contributed by atoms with Crippen LogP contribution in [0.5, 0.6) is 11.5 Å². The minimum atomic E-state index is -3.55. The molecule has 0 fully saturated rings. The van der Waals surface area contributed by atoms with E-state index in [-0.39, 0.29) is 25.1 Å². The van der Waals surface area contributed by atoms with E-state index >= 15 is 0 Å². The molecular weight excluding hydrogens is 392 g/mol. The van der Waals surface area contributed by atoms with Crippen LogP contribution in [0.25, 0.3) is 0 Å². The van der Waals surface area contributed by atoms with E-state index in [2.05, 4.69) is 5.32 Å². The number of anilines is 1. The monoisotopic (exact) mass is 418 g/mol. The van der Waals surface area contributed by atoms with Crippen LogP contribution in [-0.4, -0.2) is 45.9 Å². The molecule has 0 saturated heterocycles. The zero-order valence-corrected chi connectivity index (χ0v) is 17.8. The third-order valence-corrected chi connectivity index (χ3v) is 5.73. The number of hydrogen-bond donors (Lipinski definition) is 1. The standard InChI is InChI=1S/C21H26N2O5S/c1-14-5-8-17(9-6-14)27-13-16(3)22-21(24)20-12-23(29(4,25)26)18-11-15(2)7-10-19(18)28-20/h5-11,16,20H,12-13H2,1-4H3,(H,22,24)/t16-,20+/m0/s1. The summed E-state index contributed by atoms with van der Waals surface area (Å²) in [6, 6.07) is 12.6. The summed E-state index contributed by atoms with van der Waals surface area (Å²) in [7, 11) is -3.55. The number of aryl methyl sites for hydroxylation is 2. The fourth-order valence-corrected chi connectivity index (χ4v) is 3.95. The molecule has 0 aliphatic carbocycles. The number of amides is 1. The highest BCUT2D eigenvalue weighted by Gasteiger charge is 2.35. The van der Waals surface area contributed by atoms with E-state index in [0.717, 1.165) is 23.1 Å². The zero-order chi connectivity index (χ0) is 21.2. The van der Waals surface area contributed by atoms with Crippen molar-refractivity contribution in [3.63, 3.8) is 0 Å². The van der Waals surface area contributed by atoms with Crippen LogP contribution in [-0.2, 0) is 14.8 Å². The number of sulfonamides is 1. The minimum absolute atomic E-state index is 0.0767. The molecule has 2 aromatic carbocycles. The molecule has 1 N–H and O–H groups in total. The van der Waals surface area contributed by atoms with Crippen molar-refractivity contribution in [1.29, 1.82) is 0 Å². The summed E-state index contributed by atoms with van der Waals surface area (Å²) in [6.07, 6.45) is 0.180. The van der Waals surface area contributed by atoms with Crippen LogP contribution in [0, 0.1) is 13.8 Å². The Morgan fingerprint density at radius 2 is 1.86 bits per heavy atom. The topological polar surface area (TPSA) is 84.9 Å². The summed E-state index contributed by atoms with van der Waals surface area (Å²) < 4.78 is 37.2. The second-order valence-electron chi connectivity index (χ2n) is 7.41. The molecule has 7 nitrogen and oxygen atoms in total. The molecule has 0 saturated carbocycles. The molecule has 0 spiro atoms. The van der Waals surface area contributed by atoms with Gasteiger partial charge in [0.05, 0.1) is 24.5 Å². The molecule has 8 heteroatoms. The van der Waals surface area contributed by atoms with E-state index in [1.165, 1.54) is 4.31 Å².